The summed E-state index contributed by atoms with van der Waals surface area (Å²) in [7, 11) is 0. The molecule has 3 nitrogen and oxygen atoms in total. The normalized spacial score (nSPS) is 16.0. The van der Waals surface area contributed by atoms with Gasteiger partial charge in [-0.1, -0.05) is 35.9 Å². The van der Waals surface area contributed by atoms with Crippen molar-refractivity contribution in [3.05, 3.63) is 64.7 Å². The van der Waals surface area contributed by atoms with Crippen molar-refractivity contribution in [3.8, 4) is 0 Å². The van der Waals surface area contributed by atoms with Gasteiger partial charge in [-0.2, -0.15) is 0 Å². The maximum Gasteiger partial charge on any atom is 0.220 e. The topological polar surface area (TPSA) is 55.1 Å². The number of nitrogen functional groups attached to an aromatic ring is 1. The summed E-state index contributed by atoms with van der Waals surface area (Å²) in [6.07, 6.45) is 4.47. The van der Waals surface area contributed by atoms with Crippen molar-refractivity contribution in [2.75, 3.05) is 5.73 Å². The molecule has 2 aromatic rings. The number of fused-ring (bicyclic) bond motifs is 1. The Bertz CT molecular complexity index is 715. The third-order valence-electron chi connectivity index (χ3n) is 4.54. The molecule has 0 saturated carbocycles. The maximum atomic E-state index is 12.3. The molecule has 128 valence electrons. The van der Waals surface area contributed by atoms with Crippen molar-refractivity contribution in [2.45, 2.75) is 45.1 Å². The van der Waals surface area contributed by atoms with Crippen LogP contribution in [0.3, 0.4) is 0 Å². The Labute approximate surface area is 150 Å². The summed E-state index contributed by atoms with van der Waals surface area (Å²) in [5.74, 6) is 0.126. The van der Waals surface area contributed by atoms with Gasteiger partial charge >= 0.3 is 0 Å². The lowest BCUT2D eigenvalue weighted by Crippen LogP contribution is -2.31. The lowest BCUT2D eigenvalue weighted by Gasteiger charge is -2.26. The van der Waals surface area contributed by atoms with Gasteiger partial charge in [0.05, 0.1) is 6.04 Å². The minimum Gasteiger partial charge on any atom is -0.399 e. The predicted molar refractivity (Wildman–Crippen MR) is 101 cm³/mol. The first-order valence-electron chi connectivity index (χ1n) is 8.35. The summed E-state index contributed by atoms with van der Waals surface area (Å²) in [5.41, 5.74) is 11.6. The zero-order chi connectivity index (χ0) is 16.2. The van der Waals surface area contributed by atoms with Gasteiger partial charge in [-0.05, 0) is 61.4 Å². The summed E-state index contributed by atoms with van der Waals surface area (Å²) >= 11 is 0. The van der Waals surface area contributed by atoms with Gasteiger partial charge < -0.3 is 11.1 Å². The molecule has 0 heterocycles. The van der Waals surface area contributed by atoms with E-state index < -0.39 is 0 Å². The number of benzene rings is 2. The number of amides is 1. The summed E-state index contributed by atoms with van der Waals surface area (Å²) in [5, 5.41) is 3.20. The second-order valence-corrected chi connectivity index (χ2v) is 6.46. The van der Waals surface area contributed by atoms with Crippen molar-refractivity contribution < 1.29 is 4.79 Å². The van der Waals surface area contributed by atoms with Gasteiger partial charge in [-0.3, -0.25) is 4.79 Å². The van der Waals surface area contributed by atoms with Crippen LogP contribution >= 0.6 is 12.4 Å². The fraction of sp³-hybridized carbons (Fsp3) is 0.350. The predicted octanol–water partition coefficient (Wildman–Crippen LogP) is 4.13. The van der Waals surface area contributed by atoms with E-state index in [9.17, 15) is 4.79 Å². The Morgan fingerprint density at radius 3 is 2.88 bits per heavy atom. The van der Waals surface area contributed by atoms with E-state index in [-0.39, 0.29) is 24.4 Å². The average molecular weight is 345 g/mol. The lowest BCUT2D eigenvalue weighted by molar-refractivity contribution is -0.121. The number of nitrogens with two attached hydrogens (primary N) is 1. The monoisotopic (exact) mass is 344 g/mol. The van der Waals surface area contributed by atoms with E-state index in [0.29, 0.717) is 6.42 Å². The first-order valence-corrected chi connectivity index (χ1v) is 8.35. The fourth-order valence-corrected chi connectivity index (χ4v) is 3.38. The number of aryl methyl sites for hydroxylation is 3. The molecule has 0 aromatic heterocycles. The number of hydrogen-bond acceptors (Lipinski definition) is 2. The molecule has 3 N–H and O–H groups in total. The van der Waals surface area contributed by atoms with Crippen molar-refractivity contribution in [3.63, 3.8) is 0 Å². The maximum absolute atomic E-state index is 12.3. The van der Waals surface area contributed by atoms with Crippen LogP contribution in [0.2, 0.25) is 0 Å². The Morgan fingerprint density at radius 1 is 1.25 bits per heavy atom. The molecule has 3 rings (SSSR count). The highest BCUT2D eigenvalue weighted by Gasteiger charge is 2.21. The summed E-state index contributed by atoms with van der Waals surface area (Å²) < 4.78 is 0. The Hall–Kier alpha value is -2.00. The van der Waals surface area contributed by atoms with E-state index in [1.807, 2.05) is 18.2 Å². The third kappa shape index (κ3) is 4.51. The van der Waals surface area contributed by atoms with Crippen LogP contribution in [0.1, 0.15) is 47.6 Å². The van der Waals surface area contributed by atoms with Crippen LogP contribution in [0.25, 0.3) is 0 Å². The van der Waals surface area contributed by atoms with Gasteiger partial charge in [0.1, 0.15) is 0 Å². The van der Waals surface area contributed by atoms with E-state index in [0.717, 1.165) is 31.4 Å². The highest BCUT2D eigenvalue weighted by Crippen LogP contribution is 2.31. The fourth-order valence-electron chi connectivity index (χ4n) is 3.38. The number of anilines is 1. The third-order valence-corrected chi connectivity index (χ3v) is 4.54. The molecule has 0 spiro atoms. The highest BCUT2D eigenvalue weighted by molar-refractivity contribution is 5.85. The van der Waals surface area contributed by atoms with Gasteiger partial charge in [0, 0.05) is 12.1 Å². The molecule has 0 aliphatic heterocycles. The molecule has 24 heavy (non-hydrogen) atoms. The largest absolute Gasteiger partial charge is 0.399 e. The minimum atomic E-state index is 0. The molecule has 4 heteroatoms. The quantitative estimate of drug-likeness (QED) is 0.819. The van der Waals surface area contributed by atoms with Gasteiger partial charge in [-0.15, -0.1) is 12.4 Å². The van der Waals surface area contributed by atoms with E-state index in [2.05, 4.69) is 36.5 Å². The van der Waals surface area contributed by atoms with E-state index >= 15 is 0 Å². The van der Waals surface area contributed by atoms with Crippen LogP contribution in [-0.4, -0.2) is 5.91 Å². The molecular weight excluding hydrogens is 320 g/mol. The molecule has 1 atom stereocenters. The zero-order valence-corrected chi connectivity index (χ0v) is 14.9. The summed E-state index contributed by atoms with van der Waals surface area (Å²) in [6.45, 7) is 2.08. The van der Waals surface area contributed by atoms with Crippen LogP contribution in [0, 0.1) is 6.92 Å². The van der Waals surface area contributed by atoms with Crippen molar-refractivity contribution >= 4 is 24.0 Å². The second-order valence-electron chi connectivity index (χ2n) is 6.46. The molecule has 1 aliphatic rings. The molecule has 0 radical (unpaired) electrons. The molecular formula is C20H25ClN2O. The average Bonchev–Trinajstić information content (AvgIpc) is 2.53. The number of halogens is 1. The van der Waals surface area contributed by atoms with E-state index in [1.165, 1.54) is 22.3 Å². The molecule has 2 aromatic carbocycles. The molecule has 1 unspecified atom stereocenters. The van der Waals surface area contributed by atoms with Crippen LogP contribution in [-0.2, 0) is 17.6 Å². The summed E-state index contributed by atoms with van der Waals surface area (Å²) in [6, 6.07) is 14.5. The number of rotatable bonds is 4. The number of carbonyl (C=O) groups is 1. The molecule has 1 aliphatic carbocycles. The smallest absolute Gasteiger partial charge is 0.220 e. The van der Waals surface area contributed by atoms with Gasteiger partial charge in [0.25, 0.3) is 0 Å². The van der Waals surface area contributed by atoms with Crippen molar-refractivity contribution in [1.82, 2.24) is 5.32 Å². The van der Waals surface area contributed by atoms with E-state index in [4.69, 9.17) is 5.73 Å². The van der Waals surface area contributed by atoms with Gasteiger partial charge in [0.15, 0.2) is 0 Å². The molecule has 0 fully saturated rings. The first kappa shape index (κ1) is 18.3. The number of nitrogens with one attached hydrogen (secondary N) is 1. The zero-order valence-electron chi connectivity index (χ0n) is 14.0. The Morgan fingerprint density at radius 2 is 2.08 bits per heavy atom. The highest BCUT2D eigenvalue weighted by atomic mass is 35.5. The number of carbonyl (C=O) groups excluding carboxylic acids is 1. The standard InChI is InChI=1S/C20H24N2O.ClH/c1-14-4-2-5-15(12-14)8-11-20(23)22-19-7-3-6-16-13-17(21)9-10-18(16)19;/h2,4-5,9-10,12-13,19H,3,6-8,11,21H2,1H3,(H,22,23);1H. The van der Waals surface area contributed by atoms with Crippen LogP contribution in [0.4, 0.5) is 5.69 Å². The van der Waals surface area contributed by atoms with Crippen molar-refractivity contribution in [2.24, 2.45) is 0 Å². The van der Waals surface area contributed by atoms with E-state index in [1.54, 1.807) is 0 Å². The lowest BCUT2D eigenvalue weighted by atomic mass is 9.87. The van der Waals surface area contributed by atoms with Gasteiger partial charge in [0.2, 0.25) is 5.91 Å². The first-order chi connectivity index (χ1) is 11.1. The second kappa shape index (κ2) is 8.20. The summed E-state index contributed by atoms with van der Waals surface area (Å²) in [4.78, 5) is 12.3. The van der Waals surface area contributed by atoms with Crippen LogP contribution in [0.5, 0.6) is 0 Å². The number of hydrogen-bond donors (Lipinski definition) is 2. The molecule has 0 saturated heterocycles. The van der Waals surface area contributed by atoms with Crippen LogP contribution in [0.15, 0.2) is 42.5 Å². The van der Waals surface area contributed by atoms with Gasteiger partial charge in [-0.25, -0.2) is 0 Å². The minimum absolute atomic E-state index is 0. The molecule has 0 bridgehead atoms. The van der Waals surface area contributed by atoms with Crippen LogP contribution < -0.4 is 11.1 Å². The Kier molecular flexibility index (Phi) is 6.27. The SMILES string of the molecule is Cc1cccc(CCC(=O)NC2CCCc3cc(N)ccc32)c1.Cl. The Balaban J connectivity index is 0.00000208. The molecule has 1 amide bonds. The van der Waals surface area contributed by atoms with Crippen molar-refractivity contribution in [1.29, 1.82) is 0 Å².